The molecule has 3 N–H and O–H groups in total. The monoisotopic (exact) mass is 387 g/mol. The fourth-order valence-corrected chi connectivity index (χ4v) is 3.69. The zero-order valence-corrected chi connectivity index (χ0v) is 16.0. The zero-order valence-electron chi connectivity index (χ0n) is 15.1. The van der Waals surface area contributed by atoms with Crippen LogP contribution >= 0.6 is 11.8 Å². The molecule has 0 saturated heterocycles. The van der Waals surface area contributed by atoms with Crippen LogP contribution in [0.4, 0.5) is 5.82 Å². The molecule has 28 heavy (non-hydrogen) atoms. The lowest BCUT2D eigenvalue weighted by Crippen LogP contribution is -2.28. The average molecular weight is 387 g/mol. The molecule has 6 nitrogen and oxygen atoms in total. The van der Waals surface area contributed by atoms with Gasteiger partial charge in [0.05, 0.1) is 22.9 Å². The summed E-state index contributed by atoms with van der Waals surface area (Å²) in [5, 5.41) is 23.7. The third-order valence-corrected chi connectivity index (χ3v) is 5.26. The van der Waals surface area contributed by atoms with Crippen LogP contribution in [0.25, 0.3) is 10.8 Å². The number of nitrogens with two attached hydrogens (primary N) is 1. The molecule has 7 heteroatoms. The Morgan fingerprint density at radius 3 is 2.64 bits per heavy atom. The Kier molecular flexibility index (Phi) is 5.78. The minimum Gasteiger partial charge on any atom is -0.383 e. The molecule has 3 rings (SSSR count). The van der Waals surface area contributed by atoms with Gasteiger partial charge in [-0.2, -0.15) is 10.5 Å². The van der Waals surface area contributed by atoms with Gasteiger partial charge in [-0.1, -0.05) is 54.2 Å². The van der Waals surface area contributed by atoms with Gasteiger partial charge in [0.15, 0.2) is 0 Å². The number of thioether (sulfide) groups is 1. The topological polar surface area (TPSA) is 116 Å². The number of amides is 1. The van der Waals surface area contributed by atoms with Gasteiger partial charge in [0.1, 0.15) is 23.0 Å². The summed E-state index contributed by atoms with van der Waals surface area (Å²) in [6.45, 7) is 1.93. The minimum absolute atomic E-state index is 0.0496. The van der Waals surface area contributed by atoms with Crippen LogP contribution in [0.2, 0.25) is 0 Å². The summed E-state index contributed by atoms with van der Waals surface area (Å²) in [4.78, 5) is 16.5. The molecule has 0 bridgehead atoms. The molecule has 1 atom stereocenters. The molecule has 1 aromatic heterocycles. The Labute approximate surface area is 167 Å². The van der Waals surface area contributed by atoms with Gasteiger partial charge in [-0.15, -0.1) is 0 Å². The van der Waals surface area contributed by atoms with Crippen molar-refractivity contribution in [2.45, 2.75) is 18.0 Å². The van der Waals surface area contributed by atoms with E-state index in [4.69, 9.17) is 11.0 Å². The van der Waals surface area contributed by atoms with Gasteiger partial charge < -0.3 is 11.1 Å². The number of benzene rings is 2. The Morgan fingerprint density at radius 2 is 1.89 bits per heavy atom. The maximum atomic E-state index is 12.4. The van der Waals surface area contributed by atoms with Crippen LogP contribution in [-0.4, -0.2) is 16.6 Å². The van der Waals surface area contributed by atoms with E-state index >= 15 is 0 Å². The number of nitrogens with zero attached hydrogens (tertiary/aromatic N) is 3. The molecule has 0 fully saturated rings. The number of aromatic nitrogens is 1. The summed E-state index contributed by atoms with van der Waals surface area (Å²) in [7, 11) is 0. The predicted octanol–water partition coefficient (Wildman–Crippen LogP) is 3.53. The molecule has 0 radical (unpaired) electrons. The van der Waals surface area contributed by atoms with E-state index in [0.29, 0.717) is 5.03 Å². The summed E-state index contributed by atoms with van der Waals surface area (Å²) in [6, 6.07) is 19.1. The van der Waals surface area contributed by atoms with Gasteiger partial charge >= 0.3 is 0 Å². The van der Waals surface area contributed by atoms with Gasteiger partial charge in [0.2, 0.25) is 5.91 Å². The summed E-state index contributed by atoms with van der Waals surface area (Å²) >= 11 is 1.12. The van der Waals surface area contributed by atoms with E-state index in [1.54, 1.807) is 0 Å². The van der Waals surface area contributed by atoms with Crippen molar-refractivity contribution in [3.05, 3.63) is 65.2 Å². The molecule has 0 aliphatic rings. The second kappa shape index (κ2) is 8.43. The number of nitrogens with one attached hydrogen (secondary N) is 1. The van der Waals surface area contributed by atoms with E-state index in [1.807, 2.05) is 61.5 Å². The fraction of sp³-hybridized carbons (Fsp3) is 0.143. The van der Waals surface area contributed by atoms with Gasteiger partial charge in [-0.3, -0.25) is 4.79 Å². The minimum atomic E-state index is -0.181. The Bertz CT molecular complexity index is 1120. The molecule has 0 unspecified atom stereocenters. The second-order valence-corrected chi connectivity index (χ2v) is 7.11. The molecule has 0 aliphatic heterocycles. The lowest BCUT2D eigenvalue weighted by molar-refractivity contribution is -0.119. The highest BCUT2D eigenvalue weighted by molar-refractivity contribution is 8.00. The number of nitrogen functional groups attached to an aromatic ring is 1. The van der Waals surface area contributed by atoms with Crippen LogP contribution in [-0.2, 0) is 4.79 Å². The van der Waals surface area contributed by atoms with E-state index in [-0.39, 0.29) is 34.6 Å². The molecule has 0 aliphatic carbocycles. The SMILES string of the molecule is C[C@H](NC(=O)CSc1nc(N)c(C#N)cc1C#N)c1cccc2ccccc12. The van der Waals surface area contributed by atoms with Crippen molar-refractivity contribution in [2.24, 2.45) is 0 Å². The van der Waals surface area contributed by atoms with Crippen molar-refractivity contribution in [3.8, 4) is 12.1 Å². The Morgan fingerprint density at radius 1 is 1.18 bits per heavy atom. The predicted molar refractivity (Wildman–Crippen MR) is 109 cm³/mol. The lowest BCUT2D eigenvalue weighted by Gasteiger charge is -2.16. The number of nitriles is 2. The zero-order chi connectivity index (χ0) is 20.1. The maximum absolute atomic E-state index is 12.4. The van der Waals surface area contributed by atoms with E-state index in [1.165, 1.54) is 6.07 Å². The smallest absolute Gasteiger partial charge is 0.230 e. The third kappa shape index (κ3) is 4.06. The lowest BCUT2D eigenvalue weighted by atomic mass is 10.00. The Balaban J connectivity index is 1.70. The van der Waals surface area contributed by atoms with Gasteiger partial charge in [0, 0.05) is 0 Å². The fourth-order valence-electron chi connectivity index (χ4n) is 2.91. The van der Waals surface area contributed by atoms with E-state index < -0.39 is 0 Å². The number of carbonyl (C=O) groups excluding carboxylic acids is 1. The molecule has 0 saturated carbocycles. The molecule has 0 spiro atoms. The van der Waals surface area contributed by atoms with Crippen molar-refractivity contribution in [3.63, 3.8) is 0 Å². The summed E-state index contributed by atoms with van der Waals surface area (Å²) in [6.07, 6.45) is 0. The first-order valence-corrected chi connectivity index (χ1v) is 9.52. The number of hydrogen-bond acceptors (Lipinski definition) is 6. The van der Waals surface area contributed by atoms with E-state index in [0.717, 1.165) is 28.1 Å². The summed E-state index contributed by atoms with van der Waals surface area (Å²) in [5.41, 5.74) is 7.13. The number of anilines is 1. The van der Waals surface area contributed by atoms with Crippen LogP contribution in [0.1, 0.15) is 29.7 Å². The molecule has 3 aromatic rings. The largest absolute Gasteiger partial charge is 0.383 e. The highest BCUT2D eigenvalue weighted by atomic mass is 32.2. The first kappa shape index (κ1) is 19.2. The summed E-state index contributed by atoms with van der Waals surface area (Å²) < 4.78 is 0. The first-order valence-electron chi connectivity index (χ1n) is 8.54. The third-order valence-electron chi connectivity index (χ3n) is 4.27. The molecule has 138 valence electrons. The van der Waals surface area contributed by atoms with Crippen LogP contribution in [0.15, 0.2) is 53.6 Å². The quantitative estimate of drug-likeness (QED) is 0.647. The van der Waals surface area contributed by atoms with Gasteiger partial charge in [-0.25, -0.2) is 4.98 Å². The number of fused-ring (bicyclic) bond motifs is 1. The van der Waals surface area contributed by atoms with Gasteiger partial charge in [0.25, 0.3) is 0 Å². The Hall–Kier alpha value is -3.55. The normalized spacial score (nSPS) is 11.4. The summed E-state index contributed by atoms with van der Waals surface area (Å²) in [5.74, 6) is -0.0464. The molecular weight excluding hydrogens is 370 g/mol. The number of rotatable bonds is 5. The van der Waals surface area contributed by atoms with Crippen molar-refractivity contribution in [2.75, 3.05) is 11.5 Å². The average Bonchev–Trinajstić information content (AvgIpc) is 2.71. The van der Waals surface area contributed by atoms with Crippen molar-refractivity contribution in [1.82, 2.24) is 10.3 Å². The maximum Gasteiger partial charge on any atom is 0.230 e. The van der Waals surface area contributed by atoms with E-state index in [2.05, 4.69) is 10.3 Å². The second-order valence-electron chi connectivity index (χ2n) is 6.14. The number of pyridine rings is 1. The molecular formula is C21H17N5OS. The van der Waals surface area contributed by atoms with Crippen LogP contribution in [0, 0.1) is 22.7 Å². The van der Waals surface area contributed by atoms with Crippen LogP contribution < -0.4 is 11.1 Å². The van der Waals surface area contributed by atoms with Crippen molar-refractivity contribution >= 4 is 34.3 Å². The first-order chi connectivity index (χ1) is 13.5. The highest BCUT2D eigenvalue weighted by Gasteiger charge is 2.15. The van der Waals surface area contributed by atoms with Crippen molar-refractivity contribution < 1.29 is 4.79 Å². The molecule has 2 aromatic carbocycles. The van der Waals surface area contributed by atoms with Crippen molar-refractivity contribution in [1.29, 1.82) is 10.5 Å². The van der Waals surface area contributed by atoms with Crippen LogP contribution in [0.5, 0.6) is 0 Å². The van der Waals surface area contributed by atoms with E-state index in [9.17, 15) is 10.1 Å². The standard InChI is InChI=1S/C21H17N5OS/c1-13(17-8-4-6-14-5-2-3-7-18(14)17)25-19(27)12-28-21-16(11-23)9-15(10-22)20(24)26-21/h2-9,13H,12H2,1H3,(H2,24,26)(H,25,27)/t13-/m0/s1. The van der Waals surface area contributed by atoms with Crippen LogP contribution in [0.3, 0.4) is 0 Å². The number of carbonyl (C=O) groups is 1. The van der Waals surface area contributed by atoms with Gasteiger partial charge in [-0.05, 0) is 29.3 Å². The highest BCUT2D eigenvalue weighted by Crippen LogP contribution is 2.26. The molecule has 1 amide bonds. The molecule has 1 heterocycles. The number of hydrogen-bond donors (Lipinski definition) is 2.